The average molecular weight is 409 g/mol. The summed E-state index contributed by atoms with van der Waals surface area (Å²) in [5.74, 6) is -0.465. The van der Waals surface area contributed by atoms with Crippen molar-refractivity contribution < 1.29 is 37.8 Å². The third-order valence-corrected chi connectivity index (χ3v) is 5.15. The van der Waals surface area contributed by atoms with Gasteiger partial charge in [-0.1, -0.05) is 0 Å². The molecule has 1 saturated carbocycles. The molecule has 0 bridgehead atoms. The highest BCUT2D eigenvalue weighted by atomic mass is 31.2. The number of hydrogen-bond donors (Lipinski definition) is 5. The van der Waals surface area contributed by atoms with Gasteiger partial charge in [-0.05, 0) is 12.8 Å². The summed E-state index contributed by atoms with van der Waals surface area (Å²) >= 11 is 0. The molecule has 13 nitrogen and oxygen atoms in total. The van der Waals surface area contributed by atoms with Crippen LogP contribution in [0.25, 0.3) is 11.2 Å². The van der Waals surface area contributed by atoms with Gasteiger partial charge in [-0.2, -0.15) is 0 Å². The summed E-state index contributed by atoms with van der Waals surface area (Å²) in [6.45, 7) is -0.421. The molecule has 6 N–H and O–H groups in total. The molecule has 2 aromatic rings. The standard InChI is InChI=1S/C11H17N5O8P2/c12-10-9-11(14-4-13-10)16(5-15-9)7-1-6(3-23-25(17,18)19)8(2-7)24-26(20,21)22/h4-8H,1-3H2,(H2,12,13,14)(H2,17,18,19)(H2,20,21,22)/t6-,7-,8-/m1/s1. The number of nitrogens with zero attached hydrogens (tertiary/aromatic N) is 4. The molecule has 3 atom stereocenters. The normalized spacial score (nSPS) is 24.4. The van der Waals surface area contributed by atoms with Gasteiger partial charge in [0.2, 0.25) is 0 Å². The first-order valence-corrected chi connectivity index (χ1v) is 10.5. The van der Waals surface area contributed by atoms with Crippen molar-refractivity contribution >= 4 is 32.6 Å². The number of anilines is 1. The Hall–Kier alpha value is -1.43. The minimum absolute atomic E-state index is 0.162. The van der Waals surface area contributed by atoms with E-state index in [9.17, 15) is 9.13 Å². The maximum atomic E-state index is 11.2. The number of nitrogens with two attached hydrogens (primary N) is 1. The van der Waals surface area contributed by atoms with E-state index in [0.717, 1.165) is 0 Å². The van der Waals surface area contributed by atoms with E-state index in [0.29, 0.717) is 11.2 Å². The number of rotatable bonds is 6. The van der Waals surface area contributed by atoms with Crippen molar-refractivity contribution in [3.63, 3.8) is 0 Å². The molecule has 0 aliphatic heterocycles. The van der Waals surface area contributed by atoms with E-state index in [1.54, 1.807) is 4.57 Å². The number of nitrogen functional groups attached to an aromatic ring is 1. The van der Waals surface area contributed by atoms with E-state index < -0.39 is 34.3 Å². The van der Waals surface area contributed by atoms with Crippen molar-refractivity contribution in [3.05, 3.63) is 12.7 Å². The van der Waals surface area contributed by atoms with Crippen LogP contribution in [0.5, 0.6) is 0 Å². The van der Waals surface area contributed by atoms with E-state index in [2.05, 4.69) is 19.5 Å². The lowest BCUT2D eigenvalue weighted by atomic mass is 10.1. The predicted molar refractivity (Wildman–Crippen MR) is 86.4 cm³/mol. The zero-order valence-corrected chi connectivity index (χ0v) is 15.0. The molecule has 1 aliphatic rings. The molecule has 0 amide bonds. The van der Waals surface area contributed by atoms with Gasteiger partial charge in [-0.25, -0.2) is 24.1 Å². The largest absolute Gasteiger partial charge is 0.469 e. The van der Waals surface area contributed by atoms with Crippen LogP contribution in [0.15, 0.2) is 12.7 Å². The van der Waals surface area contributed by atoms with Gasteiger partial charge in [0.25, 0.3) is 0 Å². The molecule has 3 rings (SSSR count). The van der Waals surface area contributed by atoms with Gasteiger partial charge in [0.05, 0.1) is 19.0 Å². The van der Waals surface area contributed by atoms with Crippen LogP contribution in [-0.2, 0) is 18.2 Å². The van der Waals surface area contributed by atoms with Crippen LogP contribution < -0.4 is 5.73 Å². The fraction of sp³-hybridized carbons (Fsp3) is 0.545. The van der Waals surface area contributed by atoms with Gasteiger partial charge in [0, 0.05) is 12.0 Å². The molecule has 2 heterocycles. The van der Waals surface area contributed by atoms with Crippen LogP contribution in [0.4, 0.5) is 5.82 Å². The summed E-state index contributed by atoms with van der Waals surface area (Å²) in [5.41, 5.74) is 6.56. The maximum Gasteiger partial charge on any atom is 0.469 e. The summed E-state index contributed by atoms with van der Waals surface area (Å²) in [7, 11) is -9.52. The third kappa shape index (κ3) is 4.45. The second kappa shape index (κ2) is 6.95. The number of aromatic nitrogens is 4. The van der Waals surface area contributed by atoms with Gasteiger partial charge >= 0.3 is 15.6 Å². The Balaban J connectivity index is 1.85. The summed E-state index contributed by atoms with van der Waals surface area (Å²) in [5, 5.41) is 0. The summed E-state index contributed by atoms with van der Waals surface area (Å²) in [6, 6.07) is -0.337. The zero-order valence-electron chi connectivity index (χ0n) is 13.2. The molecule has 0 radical (unpaired) electrons. The van der Waals surface area contributed by atoms with Gasteiger partial charge in [0.15, 0.2) is 11.5 Å². The van der Waals surface area contributed by atoms with Crippen LogP contribution in [0.1, 0.15) is 18.9 Å². The maximum absolute atomic E-state index is 11.2. The Morgan fingerprint density at radius 3 is 2.54 bits per heavy atom. The van der Waals surface area contributed by atoms with Gasteiger partial charge in [0.1, 0.15) is 11.8 Å². The van der Waals surface area contributed by atoms with Gasteiger partial charge in [-0.3, -0.25) is 9.05 Å². The molecule has 15 heteroatoms. The topological polar surface area (TPSA) is 203 Å². The smallest absolute Gasteiger partial charge is 0.382 e. The second-order valence-electron chi connectivity index (χ2n) is 5.89. The van der Waals surface area contributed by atoms with Crippen molar-refractivity contribution in [3.8, 4) is 0 Å². The Kier molecular flexibility index (Phi) is 5.17. The van der Waals surface area contributed by atoms with E-state index >= 15 is 0 Å². The van der Waals surface area contributed by atoms with Crippen molar-refractivity contribution in [2.24, 2.45) is 5.92 Å². The predicted octanol–water partition coefficient (Wildman–Crippen LogP) is -0.0532. The number of hydrogen-bond acceptors (Lipinski definition) is 8. The molecule has 0 saturated heterocycles. The van der Waals surface area contributed by atoms with Crippen molar-refractivity contribution in [1.29, 1.82) is 0 Å². The summed E-state index contributed by atoms with van der Waals surface area (Å²) in [4.78, 5) is 48.0. The Labute approximate surface area is 146 Å². The van der Waals surface area contributed by atoms with Crippen LogP contribution in [0, 0.1) is 5.92 Å². The number of phosphoric acid groups is 2. The highest BCUT2D eigenvalue weighted by Crippen LogP contribution is 2.48. The molecule has 0 unspecified atom stereocenters. The molecule has 26 heavy (non-hydrogen) atoms. The van der Waals surface area contributed by atoms with Crippen LogP contribution in [0.3, 0.4) is 0 Å². The molecule has 0 spiro atoms. The molecule has 144 valence electrons. The van der Waals surface area contributed by atoms with Crippen molar-refractivity contribution in [1.82, 2.24) is 19.5 Å². The van der Waals surface area contributed by atoms with E-state index in [4.69, 9.17) is 29.8 Å². The third-order valence-electron chi connectivity index (χ3n) is 4.11. The lowest BCUT2D eigenvalue weighted by Crippen LogP contribution is -2.21. The fourth-order valence-corrected chi connectivity index (χ4v) is 4.09. The number of fused-ring (bicyclic) bond motifs is 1. The van der Waals surface area contributed by atoms with Crippen molar-refractivity contribution in [2.75, 3.05) is 12.3 Å². The minimum atomic E-state index is -4.80. The first-order chi connectivity index (χ1) is 12.0. The monoisotopic (exact) mass is 409 g/mol. The minimum Gasteiger partial charge on any atom is -0.382 e. The first kappa shape index (κ1) is 19.3. The van der Waals surface area contributed by atoms with E-state index in [1.807, 2.05) is 0 Å². The lowest BCUT2D eigenvalue weighted by molar-refractivity contribution is 0.0738. The highest BCUT2D eigenvalue weighted by Gasteiger charge is 2.41. The lowest BCUT2D eigenvalue weighted by Gasteiger charge is -2.19. The van der Waals surface area contributed by atoms with E-state index in [-0.39, 0.29) is 24.7 Å². The van der Waals surface area contributed by atoms with E-state index in [1.165, 1.54) is 12.7 Å². The summed E-state index contributed by atoms with van der Waals surface area (Å²) in [6.07, 6.45) is 2.21. The second-order valence-corrected chi connectivity index (χ2v) is 8.32. The van der Waals surface area contributed by atoms with Crippen LogP contribution in [0.2, 0.25) is 0 Å². The molecule has 2 aromatic heterocycles. The SMILES string of the molecule is Nc1ncnc2c1ncn2[C@@H]1C[C@H](COP(=O)(O)O)[C@H](OP(=O)(O)O)C1. The van der Waals surface area contributed by atoms with Crippen LogP contribution in [-0.4, -0.2) is 51.8 Å². The number of imidazole rings is 1. The highest BCUT2D eigenvalue weighted by molar-refractivity contribution is 7.46. The Morgan fingerprint density at radius 1 is 1.15 bits per heavy atom. The zero-order chi connectivity index (χ0) is 19.1. The molecule has 1 aliphatic carbocycles. The Morgan fingerprint density at radius 2 is 1.88 bits per heavy atom. The summed E-state index contributed by atoms with van der Waals surface area (Å²) < 4.78 is 33.1. The van der Waals surface area contributed by atoms with Crippen LogP contribution >= 0.6 is 15.6 Å². The molecular formula is C11H17N5O8P2. The fourth-order valence-electron chi connectivity index (χ4n) is 3.10. The molecule has 0 aromatic carbocycles. The number of phosphoric ester groups is 2. The van der Waals surface area contributed by atoms with Gasteiger partial charge < -0.3 is 29.9 Å². The molecular weight excluding hydrogens is 392 g/mol. The van der Waals surface area contributed by atoms with Crippen molar-refractivity contribution in [2.45, 2.75) is 25.0 Å². The van der Waals surface area contributed by atoms with Gasteiger partial charge in [-0.15, -0.1) is 0 Å². The average Bonchev–Trinajstić information content (AvgIpc) is 3.07. The quantitative estimate of drug-likeness (QED) is 0.398. The first-order valence-electron chi connectivity index (χ1n) is 7.40. The molecule has 1 fully saturated rings. The Bertz CT molecular complexity index is 894.